The van der Waals surface area contributed by atoms with Gasteiger partial charge in [0.1, 0.15) is 0 Å². The van der Waals surface area contributed by atoms with Crippen LogP contribution >= 0.6 is 11.8 Å². The van der Waals surface area contributed by atoms with Gasteiger partial charge in [0.15, 0.2) is 5.17 Å². The Morgan fingerprint density at radius 3 is 2.94 bits per heavy atom. The molecule has 0 aromatic rings. The lowest BCUT2D eigenvalue weighted by molar-refractivity contribution is 0.345. The predicted molar refractivity (Wildman–Crippen MR) is 73.1 cm³/mol. The molecule has 3 heteroatoms. The Labute approximate surface area is 104 Å². The second kappa shape index (κ2) is 4.99. The lowest BCUT2D eigenvalue weighted by Gasteiger charge is -2.25. The van der Waals surface area contributed by atoms with E-state index in [2.05, 4.69) is 26.1 Å². The average Bonchev–Trinajstić information content (AvgIpc) is 2.61. The standard InChI is InChI=1S/C13H24N2S/c1-4-13(3)9-16-12(15-13)14-11-7-5-6-10(2)8-11/h10-11H,4-9H2,1-3H3,(H,14,15). The molecule has 2 nitrogen and oxygen atoms in total. The molecule has 0 radical (unpaired) electrons. The van der Waals surface area contributed by atoms with Crippen LogP contribution in [0.4, 0.5) is 0 Å². The third kappa shape index (κ3) is 2.93. The second-order valence-corrected chi connectivity index (χ2v) is 6.65. The summed E-state index contributed by atoms with van der Waals surface area (Å²) >= 11 is 1.91. The van der Waals surface area contributed by atoms with Crippen LogP contribution in [0.5, 0.6) is 0 Å². The lowest BCUT2D eigenvalue weighted by Crippen LogP contribution is -2.40. The summed E-state index contributed by atoms with van der Waals surface area (Å²) < 4.78 is 0. The van der Waals surface area contributed by atoms with Crippen molar-refractivity contribution in [2.45, 2.75) is 64.5 Å². The minimum absolute atomic E-state index is 0.282. The number of nitrogens with zero attached hydrogens (tertiary/aromatic N) is 1. The fraction of sp³-hybridized carbons (Fsp3) is 0.923. The molecule has 0 spiro atoms. The maximum absolute atomic E-state index is 4.90. The summed E-state index contributed by atoms with van der Waals surface area (Å²) in [4.78, 5) is 4.90. The summed E-state index contributed by atoms with van der Waals surface area (Å²) in [5.41, 5.74) is 0.282. The molecular weight excluding hydrogens is 216 g/mol. The molecule has 2 fully saturated rings. The smallest absolute Gasteiger partial charge is 0.157 e. The van der Waals surface area contributed by atoms with E-state index in [0.717, 1.165) is 5.92 Å². The van der Waals surface area contributed by atoms with Crippen molar-refractivity contribution in [3.8, 4) is 0 Å². The van der Waals surface area contributed by atoms with Crippen LogP contribution in [0.1, 0.15) is 52.9 Å². The minimum atomic E-state index is 0.282. The van der Waals surface area contributed by atoms with Crippen molar-refractivity contribution >= 4 is 16.9 Å². The fourth-order valence-electron chi connectivity index (χ4n) is 2.50. The highest BCUT2D eigenvalue weighted by molar-refractivity contribution is 8.14. The van der Waals surface area contributed by atoms with Crippen molar-refractivity contribution in [2.24, 2.45) is 10.9 Å². The molecule has 1 saturated carbocycles. The predicted octanol–water partition coefficient (Wildman–Crippen LogP) is 3.43. The largest absolute Gasteiger partial charge is 0.359 e. The Morgan fingerprint density at radius 2 is 2.31 bits per heavy atom. The van der Waals surface area contributed by atoms with Gasteiger partial charge in [0.25, 0.3) is 0 Å². The van der Waals surface area contributed by atoms with Crippen molar-refractivity contribution in [1.82, 2.24) is 5.32 Å². The highest BCUT2D eigenvalue weighted by Crippen LogP contribution is 2.29. The van der Waals surface area contributed by atoms with Crippen LogP contribution in [0, 0.1) is 5.92 Å². The maximum atomic E-state index is 4.90. The Hall–Kier alpha value is -0.180. The summed E-state index contributed by atoms with van der Waals surface area (Å²) in [6.07, 6.45) is 6.51. The van der Waals surface area contributed by atoms with Gasteiger partial charge < -0.3 is 5.32 Å². The highest BCUT2D eigenvalue weighted by atomic mass is 32.2. The zero-order valence-corrected chi connectivity index (χ0v) is 11.6. The van der Waals surface area contributed by atoms with Gasteiger partial charge >= 0.3 is 0 Å². The van der Waals surface area contributed by atoms with Crippen LogP contribution < -0.4 is 5.32 Å². The van der Waals surface area contributed by atoms with Gasteiger partial charge in [0.2, 0.25) is 0 Å². The van der Waals surface area contributed by atoms with E-state index in [9.17, 15) is 0 Å². The Balaban J connectivity index is 1.93. The van der Waals surface area contributed by atoms with Crippen molar-refractivity contribution in [1.29, 1.82) is 0 Å². The van der Waals surface area contributed by atoms with Crippen LogP contribution in [-0.4, -0.2) is 22.5 Å². The van der Waals surface area contributed by atoms with E-state index in [1.54, 1.807) is 0 Å². The summed E-state index contributed by atoms with van der Waals surface area (Å²) in [5.74, 6) is 2.04. The molecule has 2 aliphatic rings. The molecule has 2 rings (SSSR count). The van der Waals surface area contributed by atoms with Gasteiger partial charge in [-0.15, -0.1) is 0 Å². The van der Waals surface area contributed by atoms with Gasteiger partial charge in [0.05, 0.1) is 6.04 Å². The topological polar surface area (TPSA) is 24.4 Å². The minimum Gasteiger partial charge on any atom is -0.359 e. The van der Waals surface area contributed by atoms with E-state index in [1.807, 2.05) is 11.8 Å². The average molecular weight is 240 g/mol. The number of hydrogen-bond acceptors (Lipinski definition) is 2. The van der Waals surface area contributed by atoms with Gasteiger partial charge in [-0.2, -0.15) is 0 Å². The highest BCUT2D eigenvalue weighted by Gasteiger charge is 2.31. The quantitative estimate of drug-likeness (QED) is 0.799. The van der Waals surface area contributed by atoms with E-state index in [-0.39, 0.29) is 5.54 Å². The van der Waals surface area contributed by atoms with Gasteiger partial charge in [-0.3, -0.25) is 4.99 Å². The molecule has 1 N–H and O–H groups in total. The first-order chi connectivity index (χ1) is 7.61. The van der Waals surface area contributed by atoms with Gasteiger partial charge in [-0.05, 0) is 32.1 Å². The zero-order valence-electron chi connectivity index (χ0n) is 10.8. The molecule has 1 heterocycles. The van der Waals surface area contributed by atoms with Gasteiger partial charge in [-0.1, -0.05) is 38.5 Å². The number of nitrogens with one attached hydrogen (secondary N) is 1. The SMILES string of the molecule is CCC1(C)CSC(=NC2CCCC(C)C2)N1. The molecule has 3 atom stereocenters. The molecule has 1 aliphatic heterocycles. The van der Waals surface area contributed by atoms with Crippen LogP contribution in [0.3, 0.4) is 0 Å². The fourth-order valence-corrected chi connectivity index (χ4v) is 3.78. The number of rotatable bonds is 2. The summed E-state index contributed by atoms with van der Waals surface area (Å²) in [6, 6.07) is 0.581. The third-order valence-corrected chi connectivity index (χ3v) is 5.19. The molecule has 0 amide bonds. The molecule has 0 bridgehead atoms. The van der Waals surface area contributed by atoms with Crippen LogP contribution in [-0.2, 0) is 0 Å². The second-order valence-electron chi connectivity index (χ2n) is 5.69. The first-order valence-electron chi connectivity index (χ1n) is 6.60. The summed E-state index contributed by atoms with van der Waals surface area (Å²) in [5, 5.41) is 4.79. The van der Waals surface area contributed by atoms with Crippen molar-refractivity contribution in [2.75, 3.05) is 5.75 Å². The van der Waals surface area contributed by atoms with Gasteiger partial charge in [-0.25, -0.2) is 0 Å². The molecule has 16 heavy (non-hydrogen) atoms. The zero-order chi connectivity index (χ0) is 11.6. The monoisotopic (exact) mass is 240 g/mol. The first-order valence-corrected chi connectivity index (χ1v) is 7.58. The van der Waals surface area contributed by atoms with Crippen LogP contribution in [0.25, 0.3) is 0 Å². The molecule has 1 aliphatic carbocycles. The molecule has 0 aromatic carbocycles. The van der Waals surface area contributed by atoms with E-state index < -0.39 is 0 Å². The molecule has 1 saturated heterocycles. The molecule has 0 aromatic heterocycles. The summed E-state index contributed by atoms with van der Waals surface area (Å²) in [7, 11) is 0. The molecule has 3 unspecified atom stereocenters. The number of aliphatic imine (C=N–C) groups is 1. The van der Waals surface area contributed by atoms with Crippen molar-refractivity contribution < 1.29 is 0 Å². The first kappa shape index (κ1) is 12.3. The van der Waals surface area contributed by atoms with E-state index in [4.69, 9.17) is 4.99 Å². The molecule has 92 valence electrons. The van der Waals surface area contributed by atoms with Crippen LogP contribution in [0.15, 0.2) is 4.99 Å². The lowest BCUT2D eigenvalue weighted by atomic mass is 9.87. The Kier molecular flexibility index (Phi) is 3.83. The summed E-state index contributed by atoms with van der Waals surface area (Å²) in [6.45, 7) is 6.91. The normalized spacial score (nSPS) is 42.3. The Morgan fingerprint density at radius 1 is 1.50 bits per heavy atom. The van der Waals surface area contributed by atoms with E-state index in [0.29, 0.717) is 6.04 Å². The number of hydrogen-bond donors (Lipinski definition) is 1. The van der Waals surface area contributed by atoms with Crippen molar-refractivity contribution in [3.05, 3.63) is 0 Å². The van der Waals surface area contributed by atoms with Crippen LogP contribution in [0.2, 0.25) is 0 Å². The maximum Gasteiger partial charge on any atom is 0.157 e. The van der Waals surface area contributed by atoms with Gasteiger partial charge in [0, 0.05) is 11.3 Å². The molecular formula is C13H24N2S. The van der Waals surface area contributed by atoms with E-state index in [1.165, 1.54) is 43.0 Å². The Bertz CT molecular complexity index is 277. The number of thioether (sulfide) groups is 1. The number of amidine groups is 1. The van der Waals surface area contributed by atoms with Crippen molar-refractivity contribution in [3.63, 3.8) is 0 Å². The van der Waals surface area contributed by atoms with E-state index >= 15 is 0 Å². The third-order valence-electron chi connectivity index (χ3n) is 3.93.